The van der Waals surface area contributed by atoms with Gasteiger partial charge in [0.1, 0.15) is 6.54 Å². The molecule has 0 N–H and O–H groups in total. The van der Waals surface area contributed by atoms with Crippen LogP contribution in [0.5, 0.6) is 0 Å². The first-order valence-corrected chi connectivity index (χ1v) is 5.14. The molecular weight excluding hydrogens is 162 g/mol. The third-order valence-electron chi connectivity index (χ3n) is 2.84. The first-order chi connectivity index (χ1) is 6.18. The zero-order chi connectivity index (χ0) is 9.73. The van der Waals surface area contributed by atoms with E-state index in [1.54, 1.807) is 6.92 Å². The average molecular weight is 182 g/mol. The fraction of sp³-hybridized carbons (Fsp3) is 0.727. The van der Waals surface area contributed by atoms with Gasteiger partial charge in [0.15, 0.2) is 5.78 Å². The lowest BCUT2D eigenvalue weighted by Crippen LogP contribution is -2.53. The highest BCUT2D eigenvalue weighted by atomic mass is 16.1. The standard InChI is InChI=1S/C11H20NO/c1-3-7-12(10-11(2)13)8-5-4-6-9-12/h3H,1,4-10H2,2H3/q+1. The molecule has 0 radical (unpaired) electrons. The molecule has 0 spiro atoms. The van der Waals surface area contributed by atoms with E-state index in [9.17, 15) is 4.79 Å². The van der Waals surface area contributed by atoms with Crippen molar-refractivity contribution >= 4 is 5.78 Å². The Bertz CT molecular complexity index is 192. The molecule has 1 heterocycles. The van der Waals surface area contributed by atoms with Gasteiger partial charge in [0.05, 0.1) is 19.6 Å². The summed E-state index contributed by atoms with van der Waals surface area (Å²) < 4.78 is 0.957. The van der Waals surface area contributed by atoms with Gasteiger partial charge in [-0.2, -0.15) is 0 Å². The highest BCUT2D eigenvalue weighted by Gasteiger charge is 2.29. The number of ketones is 1. The minimum Gasteiger partial charge on any atom is -0.314 e. The first kappa shape index (κ1) is 10.5. The van der Waals surface area contributed by atoms with Crippen molar-refractivity contribution in [1.29, 1.82) is 0 Å². The molecule has 0 aromatic rings. The number of rotatable bonds is 4. The molecule has 0 amide bonds. The summed E-state index contributed by atoms with van der Waals surface area (Å²) in [6.45, 7) is 9.45. The second kappa shape index (κ2) is 4.56. The van der Waals surface area contributed by atoms with E-state index < -0.39 is 0 Å². The number of hydrogen-bond acceptors (Lipinski definition) is 1. The van der Waals surface area contributed by atoms with Crippen molar-refractivity contribution in [2.45, 2.75) is 26.2 Å². The van der Waals surface area contributed by atoms with E-state index >= 15 is 0 Å². The third kappa shape index (κ3) is 2.96. The maximum absolute atomic E-state index is 11.1. The summed E-state index contributed by atoms with van der Waals surface area (Å²) in [6, 6.07) is 0. The lowest BCUT2D eigenvalue weighted by Gasteiger charge is -2.40. The summed E-state index contributed by atoms with van der Waals surface area (Å²) in [5.41, 5.74) is 0. The molecule has 1 aliphatic rings. The Hall–Kier alpha value is -0.630. The van der Waals surface area contributed by atoms with E-state index in [0.29, 0.717) is 12.3 Å². The largest absolute Gasteiger partial charge is 0.314 e. The van der Waals surface area contributed by atoms with Gasteiger partial charge >= 0.3 is 0 Å². The van der Waals surface area contributed by atoms with E-state index in [-0.39, 0.29) is 0 Å². The molecule has 0 aromatic carbocycles. The van der Waals surface area contributed by atoms with Gasteiger partial charge in [-0.15, -0.1) is 0 Å². The van der Waals surface area contributed by atoms with Gasteiger partial charge < -0.3 is 4.48 Å². The number of quaternary nitrogens is 1. The molecule has 74 valence electrons. The fourth-order valence-electron chi connectivity index (χ4n) is 2.33. The second-order valence-corrected chi connectivity index (χ2v) is 4.18. The third-order valence-corrected chi connectivity index (χ3v) is 2.84. The molecule has 0 saturated carbocycles. The first-order valence-electron chi connectivity index (χ1n) is 5.14. The molecule has 0 unspecified atom stereocenters. The van der Waals surface area contributed by atoms with Gasteiger partial charge in [-0.05, 0) is 25.3 Å². The zero-order valence-corrected chi connectivity index (χ0v) is 8.59. The number of Topliss-reactive ketones (excluding diaryl/α,β-unsaturated/α-hetero) is 1. The highest BCUT2D eigenvalue weighted by molar-refractivity contribution is 5.76. The Balaban J connectivity index is 2.60. The molecule has 0 aromatic heterocycles. The Morgan fingerprint density at radius 1 is 1.38 bits per heavy atom. The van der Waals surface area contributed by atoms with E-state index in [2.05, 4.69) is 6.58 Å². The Morgan fingerprint density at radius 3 is 2.46 bits per heavy atom. The van der Waals surface area contributed by atoms with Crippen molar-refractivity contribution in [2.24, 2.45) is 0 Å². The van der Waals surface area contributed by atoms with Gasteiger partial charge in [0, 0.05) is 6.92 Å². The molecular formula is C11H20NO+. The van der Waals surface area contributed by atoms with Gasteiger partial charge in [-0.1, -0.05) is 6.58 Å². The highest BCUT2D eigenvalue weighted by Crippen LogP contribution is 2.18. The molecule has 0 aliphatic carbocycles. The molecule has 0 atom stereocenters. The van der Waals surface area contributed by atoms with Crippen LogP contribution in [0.15, 0.2) is 12.7 Å². The zero-order valence-electron chi connectivity index (χ0n) is 8.59. The molecule has 2 nitrogen and oxygen atoms in total. The summed E-state index contributed by atoms with van der Waals surface area (Å²) in [5, 5.41) is 0. The van der Waals surface area contributed by atoms with Crippen molar-refractivity contribution in [2.75, 3.05) is 26.2 Å². The van der Waals surface area contributed by atoms with Crippen molar-refractivity contribution in [1.82, 2.24) is 0 Å². The summed E-state index contributed by atoms with van der Waals surface area (Å²) in [5.74, 6) is 0.309. The minimum atomic E-state index is 0.309. The maximum atomic E-state index is 11.1. The molecule has 1 aliphatic heterocycles. The molecule has 0 bridgehead atoms. The summed E-state index contributed by atoms with van der Waals surface area (Å²) in [6.07, 6.45) is 5.81. The Kier molecular flexibility index (Phi) is 3.67. The van der Waals surface area contributed by atoms with Crippen LogP contribution in [0.25, 0.3) is 0 Å². The maximum Gasteiger partial charge on any atom is 0.183 e. The van der Waals surface area contributed by atoms with Crippen LogP contribution in [-0.4, -0.2) is 36.4 Å². The lowest BCUT2D eigenvalue weighted by molar-refractivity contribution is -0.919. The van der Waals surface area contributed by atoms with Gasteiger partial charge in [-0.25, -0.2) is 0 Å². The van der Waals surface area contributed by atoms with Crippen LogP contribution in [0.4, 0.5) is 0 Å². The summed E-state index contributed by atoms with van der Waals surface area (Å²) in [7, 11) is 0. The van der Waals surface area contributed by atoms with Crippen LogP contribution < -0.4 is 0 Å². The normalized spacial score (nSPS) is 21.0. The molecule has 1 fully saturated rings. The fourth-order valence-corrected chi connectivity index (χ4v) is 2.33. The van der Waals surface area contributed by atoms with Gasteiger partial charge in [0.2, 0.25) is 0 Å². The van der Waals surface area contributed by atoms with E-state index in [1.165, 1.54) is 19.3 Å². The predicted octanol–water partition coefficient (Wildman–Crippen LogP) is 1.76. The predicted molar refractivity (Wildman–Crippen MR) is 54.5 cm³/mol. The van der Waals surface area contributed by atoms with Crippen LogP contribution in [0.3, 0.4) is 0 Å². The number of likely N-dealkylation sites (tertiary alicyclic amines) is 1. The van der Waals surface area contributed by atoms with Gasteiger partial charge in [-0.3, -0.25) is 4.79 Å². The van der Waals surface area contributed by atoms with Crippen molar-refractivity contribution in [3.63, 3.8) is 0 Å². The summed E-state index contributed by atoms with van der Waals surface area (Å²) in [4.78, 5) is 11.1. The van der Waals surface area contributed by atoms with Crippen molar-refractivity contribution < 1.29 is 9.28 Å². The van der Waals surface area contributed by atoms with Crippen LogP contribution in [0.2, 0.25) is 0 Å². The van der Waals surface area contributed by atoms with Crippen LogP contribution in [0, 0.1) is 0 Å². The number of carbonyl (C=O) groups excluding carboxylic acids is 1. The van der Waals surface area contributed by atoms with Crippen LogP contribution >= 0.6 is 0 Å². The molecule has 2 heteroatoms. The van der Waals surface area contributed by atoms with E-state index in [4.69, 9.17) is 0 Å². The summed E-state index contributed by atoms with van der Waals surface area (Å²) >= 11 is 0. The number of carbonyl (C=O) groups is 1. The smallest absolute Gasteiger partial charge is 0.183 e. The van der Waals surface area contributed by atoms with E-state index in [1.807, 2.05) is 6.08 Å². The van der Waals surface area contributed by atoms with E-state index in [0.717, 1.165) is 24.1 Å². The monoisotopic (exact) mass is 182 g/mol. The Labute approximate surface area is 80.8 Å². The lowest BCUT2D eigenvalue weighted by atomic mass is 10.1. The number of hydrogen-bond donors (Lipinski definition) is 0. The second-order valence-electron chi connectivity index (χ2n) is 4.18. The van der Waals surface area contributed by atoms with Crippen LogP contribution in [-0.2, 0) is 4.79 Å². The minimum absolute atomic E-state index is 0.309. The quantitative estimate of drug-likeness (QED) is 0.478. The average Bonchev–Trinajstić information content (AvgIpc) is 2.04. The number of piperidine rings is 1. The SMILES string of the molecule is C=CC[N+]1(CC(C)=O)CCCCC1. The molecule has 1 saturated heterocycles. The Morgan fingerprint density at radius 2 is 2.00 bits per heavy atom. The van der Waals surface area contributed by atoms with Gasteiger partial charge in [0.25, 0.3) is 0 Å². The van der Waals surface area contributed by atoms with Crippen molar-refractivity contribution in [3.05, 3.63) is 12.7 Å². The topological polar surface area (TPSA) is 17.1 Å². The van der Waals surface area contributed by atoms with Crippen LogP contribution in [0.1, 0.15) is 26.2 Å². The molecule has 13 heavy (non-hydrogen) atoms. The van der Waals surface area contributed by atoms with Crippen molar-refractivity contribution in [3.8, 4) is 0 Å². The molecule has 1 rings (SSSR count). The number of nitrogens with zero attached hydrogens (tertiary/aromatic N) is 1.